The molecular weight excluding hydrogens is 364 g/mol. The number of aromatic nitrogens is 2. The van der Waals surface area contributed by atoms with E-state index in [9.17, 15) is 9.59 Å². The van der Waals surface area contributed by atoms with Crippen molar-refractivity contribution >= 4 is 23.6 Å². The van der Waals surface area contributed by atoms with Gasteiger partial charge in [0.25, 0.3) is 5.91 Å². The fourth-order valence-corrected chi connectivity index (χ4v) is 4.17. The first kappa shape index (κ1) is 19.4. The maximum atomic E-state index is 12.5. The van der Waals surface area contributed by atoms with Crippen LogP contribution in [0.25, 0.3) is 0 Å². The summed E-state index contributed by atoms with van der Waals surface area (Å²) < 4.78 is 5.18. The molecule has 7 nitrogen and oxygen atoms in total. The number of rotatable bonds is 7. The van der Waals surface area contributed by atoms with Crippen LogP contribution in [-0.4, -0.2) is 46.5 Å². The van der Waals surface area contributed by atoms with Gasteiger partial charge in [-0.15, -0.1) is 11.8 Å². The number of likely N-dealkylation sites (tertiary alicyclic amines) is 1. The molecule has 8 heteroatoms. The quantitative estimate of drug-likeness (QED) is 0.734. The molecule has 144 valence electrons. The van der Waals surface area contributed by atoms with Gasteiger partial charge < -0.3 is 14.7 Å². The molecule has 0 aromatic carbocycles. The summed E-state index contributed by atoms with van der Waals surface area (Å²) in [6.07, 6.45) is 4.13. The molecule has 27 heavy (non-hydrogen) atoms. The van der Waals surface area contributed by atoms with Gasteiger partial charge in [-0.25, -0.2) is 4.98 Å². The molecule has 0 unspecified atom stereocenters. The number of hydrogen-bond acceptors (Lipinski definition) is 6. The molecule has 1 fully saturated rings. The SMILES string of the molecule is Cc1noc(C)c1CSc1ncccc1C(=O)NCCC(=O)N1CCCC1. The molecule has 2 aromatic heterocycles. The average Bonchev–Trinajstić information content (AvgIpc) is 3.31. The molecule has 0 bridgehead atoms. The molecule has 0 saturated carbocycles. The summed E-state index contributed by atoms with van der Waals surface area (Å²) >= 11 is 1.47. The van der Waals surface area contributed by atoms with E-state index in [2.05, 4.69) is 15.5 Å². The molecule has 1 aliphatic heterocycles. The fourth-order valence-electron chi connectivity index (χ4n) is 3.03. The molecule has 3 heterocycles. The zero-order valence-electron chi connectivity index (χ0n) is 15.7. The molecule has 0 radical (unpaired) electrons. The molecule has 0 spiro atoms. The first-order valence-corrected chi connectivity index (χ1v) is 10.1. The number of carbonyl (C=O) groups excluding carboxylic acids is 2. The lowest BCUT2D eigenvalue weighted by Gasteiger charge is -2.15. The Hall–Kier alpha value is -2.35. The number of nitrogens with zero attached hydrogens (tertiary/aromatic N) is 3. The van der Waals surface area contributed by atoms with Crippen LogP contribution in [-0.2, 0) is 10.5 Å². The van der Waals surface area contributed by atoms with Crippen molar-refractivity contribution in [3.05, 3.63) is 40.9 Å². The van der Waals surface area contributed by atoms with E-state index >= 15 is 0 Å². The van der Waals surface area contributed by atoms with E-state index in [-0.39, 0.29) is 11.8 Å². The van der Waals surface area contributed by atoms with Crippen molar-refractivity contribution in [1.29, 1.82) is 0 Å². The van der Waals surface area contributed by atoms with E-state index in [1.165, 1.54) is 11.8 Å². The molecule has 2 amide bonds. The molecule has 3 rings (SSSR count). The topological polar surface area (TPSA) is 88.3 Å². The number of carbonyl (C=O) groups is 2. The second-order valence-corrected chi connectivity index (χ2v) is 7.51. The number of hydrogen-bond donors (Lipinski definition) is 1. The van der Waals surface area contributed by atoms with Crippen molar-refractivity contribution in [3.63, 3.8) is 0 Å². The normalized spacial score (nSPS) is 13.8. The van der Waals surface area contributed by atoms with Crippen LogP contribution in [0.5, 0.6) is 0 Å². The molecule has 0 atom stereocenters. The Balaban J connectivity index is 1.56. The minimum Gasteiger partial charge on any atom is -0.361 e. The van der Waals surface area contributed by atoms with Crippen LogP contribution < -0.4 is 5.32 Å². The minimum absolute atomic E-state index is 0.104. The predicted octanol–water partition coefficient (Wildman–Crippen LogP) is 2.72. The molecule has 2 aromatic rings. The van der Waals surface area contributed by atoms with Crippen LogP contribution in [0, 0.1) is 13.8 Å². The highest BCUT2D eigenvalue weighted by molar-refractivity contribution is 7.98. The van der Waals surface area contributed by atoms with Gasteiger partial charge in [0.1, 0.15) is 10.8 Å². The number of pyridine rings is 1. The Morgan fingerprint density at radius 1 is 1.30 bits per heavy atom. The summed E-state index contributed by atoms with van der Waals surface area (Å²) in [7, 11) is 0. The Morgan fingerprint density at radius 2 is 2.07 bits per heavy atom. The number of aryl methyl sites for hydroxylation is 2. The van der Waals surface area contributed by atoms with Crippen molar-refractivity contribution in [2.24, 2.45) is 0 Å². The van der Waals surface area contributed by atoms with Crippen molar-refractivity contribution in [1.82, 2.24) is 20.4 Å². The number of amides is 2. The van der Waals surface area contributed by atoms with Crippen LogP contribution in [0.3, 0.4) is 0 Å². The van der Waals surface area contributed by atoms with Gasteiger partial charge in [-0.3, -0.25) is 9.59 Å². The summed E-state index contributed by atoms with van der Waals surface area (Å²) in [5.74, 6) is 1.30. The zero-order valence-corrected chi connectivity index (χ0v) is 16.5. The first-order chi connectivity index (χ1) is 13.1. The summed E-state index contributed by atoms with van der Waals surface area (Å²) in [5.41, 5.74) is 2.39. The summed E-state index contributed by atoms with van der Waals surface area (Å²) in [5, 5.41) is 7.44. The zero-order chi connectivity index (χ0) is 19.2. The maximum absolute atomic E-state index is 12.5. The Morgan fingerprint density at radius 3 is 2.78 bits per heavy atom. The largest absolute Gasteiger partial charge is 0.361 e. The third-order valence-electron chi connectivity index (χ3n) is 4.63. The van der Waals surface area contributed by atoms with Crippen molar-refractivity contribution in [2.45, 2.75) is 43.9 Å². The van der Waals surface area contributed by atoms with Gasteiger partial charge in [-0.2, -0.15) is 0 Å². The van der Waals surface area contributed by atoms with Crippen LogP contribution in [0.2, 0.25) is 0 Å². The Labute approximate surface area is 162 Å². The number of thioether (sulfide) groups is 1. The van der Waals surface area contributed by atoms with Crippen LogP contribution in [0.15, 0.2) is 27.9 Å². The van der Waals surface area contributed by atoms with Gasteiger partial charge in [-0.1, -0.05) is 5.16 Å². The van der Waals surface area contributed by atoms with E-state index in [0.717, 1.165) is 42.9 Å². The van der Waals surface area contributed by atoms with E-state index in [1.54, 1.807) is 18.3 Å². The maximum Gasteiger partial charge on any atom is 0.254 e. The van der Waals surface area contributed by atoms with E-state index < -0.39 is 0 Å². The van der Waals surface area contributed by atoms with Crippen molar-refractivity contribution in [2.75, 3.05) is 19.6 Å². The lowest BCUT2D eigenvalue weighted by Crippen LogP contribution is -2.32. The van der Waals surface area contributed by atoms with Gasteiger partial charge in [0.15, 0.2) is 0 Å². The second-order valence-electron chi connectivity index (χ2n) is 6.54. The third-order valence-corrected chi connectivity index (χ3v) is 5.67. The van der Waals surface area contributed by atoms with E-state index in [4.69, 9.17) is 4.52 Å². The highest BCUT2D eigenvalue weighted by Gasteiger charge is 2.19. The first-order valence-electron chi connectivity index (χ1n) is 9.12. The van der Waals surface area contributed by atoms with Gasteiger partial charge in [0.2, 0.25) is 5.91 Å². The summed E-state index contributed by atoms with van der Waals surface area (Å²) in [6.45, 7) is 5.77. The fraction of sp³-hybridized carbons (Fsp3) is 0.474. The lowest BCUT2D eigenvalue weighted by atomic mass is 10.2. The smallest absolute Gasteiger partial charge is 0.254 e. The van der Waals surface area contributed by atoms with Crippen molar-refractivity contribution in [3.8, 4) is 0 Å². The molecule has 0 aliphatic carbocycles. The van der Waals surface area contributed by atoms with Gasteiger partial charge in [0.05, 0.1) is 11.3 Å². The minimum atomic E-state index is -0.210. The van der Waals surface area contributed by atoms with E-state index in [0.29, 0.717) is 29.3 Å². The second kappa shape index (κ2) is 9.03. The monoisotopic (exact) mass is 388 g/mol. The predicted molar refractivity (Wildman–Crippen MR) is 103 cm³/mol. The van der Waals surface area contributed by atoms with Gasteiger partial charge in [-0.05, 0) is 38.8 Å². The van der Waals surface area contributed by atoms with Crippen LogP contribution in [0.4, 0.5) is 0 Å². The molecule has 1 aliphatic rings. The van der Waals surface area contributed by atoms with Gasteiger partial charge in [0, 0.05) is 43.6 Å². The van der Waals surface area contributed by atoms with Crippen molar-refractivity contribution < 1.29 is 14.1 Å². The van der Waals surface area contributed by atoms with E-state index in [1.807, 2.05) is 18.7 Å². The van der Waals surface area contributed by atoms with Crippen LogP contribution in [0.1, 0.15) is 46.6 Å². The molecule has 1 N–H and O–H groups in total. The highest BCUT2D eigenvalue weighted by atomic mass is 32.2. The lowest BCUT2D eigenvalue weighted by molar-refractivity contribution is -0.129. The summed E-state index contributed by atoms with van der Waals surface area (Å²) in [6, 6.07) is 3.49. The Bertz CT molecular complexity index is 796. The third kappa shape index (κ3) is 4.88. The standard InChI is InChI=1S/C19H24N4O3S/c1-13-16(14(2)26-22-13)12-27-19-15(6-5-8-21-19)18(25)20-9-7-17(24)23-10-3-4-11-23/h5-6,8H,3-4,7,9-12H2,1-2H3,(H,20,25). The Kier molecular flexibility index (Phi) is 6.49. The highest BCUT2D eigenvalue weighted by Crippen LogP contribution is 2.27. The van der Waals surface area contributed by atoms with Gasteiger partial charge >= 0.3 is 0 Å². The number of nitrogens with one attached hydrogen (secondary N) is 1. The molecule has 1 saturated heterocycles. The molecular formula is C19H24N4O3S. The summed E-state index contributed by atoms with van der Waals surface area (Å²) in [4.78, 5) is 30.8. The van der Waals surface area contributed by atoms with Crippen LogP contribution >= 0.6 is 11.8 Å². The average molecular weight is 388 g/mol.